The standard InChI is InChI=1S/C14H14N/c1-15(2)14-10-6-9-13(11-14)12-7-4-3-5-8-12/h3-4,6-11H,1-2H3. The van der Waals surface area contributed by atoms with Crippen LogP contribution in [0.4, 0.5) is 5.69 Å². The van der Waals surface area contributed by atoms with Gasteiger partial charge in [-0.25, -0.2) is 0 Å². The van der Waals surface area contributed by atoms with Gasteiger partial charge in [0, 0.05) is 19.8 Å². The van der Waals surface area contributed by atoms with E-state index in [4.69, 9.17) is 0 Å². The first-order chi connectivity index (χ1) is 7.27. The van der Waals surface area contributed by atoms with Gasteiger partial charge in [0.05, 0.1) is 0 Å². The fourth-order valence-corrected chi connectivity index (χ4v) is 1.54. The minimum absolute atomic E-state index is 1.21. The van der Waals surface area contributed by atoms with Crippen molar-refractivity contribution in [3.63, 3.8) is 0 Å². The Morgan fingerprint density at radius 3 is 2.47 bits per heavy atom. The maximum atomic E-state index is 3.09. The Balaban J connectivity index is 2.42. The summed E-state index contributed by atoms with van der Waals surface area (Å²) in [6.07, 6.45) is 0. The van der Waals surface area contributed by atoms with Crippen molar-refractivity contribution in [2.24, 2.45) is 0 Å². The van der Waals surface area contributed by atoms with Crippen molar-refractivity contribution >= 4 is 5.69 Å². The summed E-state index contributed by atoms with van der Waals surface area (Å²) in [5, 5.41) is 0. The van der Waals surface area contributed by atoms with Crippen LogP contribution in [-0.4, -0.2) is 14.1 Å². The third-order valence-corrected chi connectivity index (χ3v) is 2.40. The van der Waals surface area contributed by atoms with Gasteiger partial charge in [0.25, 0.3) is 0 Å². The zero-order valence-electron chi connectivity index (χ0n) is 9.07. The van der Waals surface area contributed by atoms with Crippen molar-refractivity contribution in [2.45, 2.75) is 0 Å². The molecule has 1 nitrogen and oxygen atoms in total. The van der Waals surface area contributed by atoms with Gasteiger partial charge < -0.3 is 4.90 Å². The molecule has 0 heterocycles. The van der Waals surface area contributed by atoms with Crippen LogP contribution in [0.3, 0.4) is 0 Å². The topological polar surface area (TPSA) is 3.24 Å². The highest BCUT2D eigenvalue weighted by atomic mass is 15.1. The molecule has 1 heteroatoms. The van der Waals surface area contributed by atoms with Gasteiger partial charge in [-0.2, -0.15) is 0 Å². The largest absolute Gasteiger partial charge is 0.378 e. The molecular formula is C14H14N. The number of hydrogen-bond acceptors (Lipinski definition) is 1. The lowest BCUT2D eigenvalue weighted by atomic mass is 10.1. The highest BCUT2D eigenvalue weighted by Gasteiger charge is 1.99. The van der Waals surface area contributed by atoms with Crippen LogP contribution in [0.2, 0.25) is 0 Å². The zero-order chi connectivity index (χ0) is 10.7. The molecule has 2 aromatic rings. The second kappa shape index (κ2) is 4.18. The van der Waals surface area contributed by atoms with E-state index in [1.807, 2.05) is 18.2 Å². The maximum absolute atomic E-state index is 3.09. The van der Waals surface area contributed by atoms with Gasteiger partial charge in [0.1, 0.15) is 0 Å². The molecular weight excluding hydrogens is 182 g/mol. The Labute approximate surface area is 91.0 Å². The molecule has 15 heavy (non-hydrogen) atoms. The summed E-state index contributed by atoms with van der Waals surface area (Å²) in [7, 11) is 4.10. The van der Waals surface area contributed by atoms with Gasteiger partial charge in [-0.1, -0.05) is 30.3 Å². The Morgan fingerprint density at radius 2 is 1.80 bits per heavy atom. The van der Waals surface area contributed by atoms with E-state index >= 15 is 0 Å². The van der Waals surface area contributed by atoms with E-state index in [2.05, 4.69) is 55.4 Å². The van der Waals surface area contributed by atoms with E-state index in [0.717, 1.165) is 0 Å². The maximum Gasteiger partial charge on any atom is 0.0367 e. The second-order valence-electron chi connectivity index (χ2n) is 3.74. The molecule has 2 aromatic carbocycles. The number of benzene rings is 2. The summed E-state index contributed by atoms with van der Waals surface area (Å²) in [4.78, 5) is 2.11. The Kier molecular flexibility index (Phi) is 2.72. The van der Waals surface area contributed by atoms with Crippen LogP contribution >= 0.6 is 0 Å². The van der Waals surface area contributed by atoms with Crippen LogP contribution in [0.1, 0.15) is 0 Å². The molecule has 0 fully saturated rings. The summed E-state index contributed by atoms with van der Waals surface area (Å²) in [6, 6.07) is 19.6. The summed E-state index contributed by atoms with van der Waals surface area (Å²) in [5.41, 5.74) is 3.66. The third kappa shape index (κ3) is 2.18. The first-order valence-corrected chi connectivity index (χ1v) is 5.01. The molecule has 1 radical (unpaired) electrons. The molecule has 0 unspecified atom stereocenters. The lowest BCUT2D eigenvalue weighted by Gasteiger charge is -2.13. The molecule has 0 spiro atoms. The van der Waals surface area contributed by atoms with Crippen molar-refractivity contribution in [3.05, 3.63) is 54.6 Å². The fraction of sp³-hybridized carbons (Fsp3) is 0.143. The molecule has 0 atom stereocenters. The lowest BCUT2D eigenvalue weighted by molar-refractivity contribution is 1.13. The van der Waals surface area contributed by atoms with Gasteiger partial charge in [0.2, 0.25) is 0 Å². The zero-order valence-corrected chi connectivity index (χ0v) is 9.07. The first-order valence-electron chi connectivity index (χ1n) is 5.01. The average molecular weight is 196 g/mol. The highest BCUT2D eigenvalue weighted by Crippen LogP contribution is 2.23. The number of hydrogen-bond donors (Lipinski definition) is 0. The summed E-state index contributed by atoms with van der Waals surface area (Å²) >= 11 is 0. The molecule has 0 saturated heterocycles. The van der Waals surface area contributed by atoms with Crippen LogP contribution in [0.15, 0.2) is 48.5 Å². The van der Waals surface area contributed by atoms with Crippen LogP contribution in [-0.2, 0) is 0 Å². The van der Waals surface area contributed by atoms with Crippen LogP contribution in [0.5, 0.6) is 0 Å². The average Bonchev–Trinajstić information content (AvgIpc) is 2.30. The SMILES string of the molecule is CN(C)c1cccc(-c2c[c]ccc2)c1. The third-order valence-electron chi connectivity index (χ3n) is 2.40. The molecule has 75 valence electrons. The van der Waals surface area contributed by atoms with Gasteiger partial charge in [0.15, 0.2) is 0 Å². The molecule has 0 aliphatic heterocycles. The summed E-state index contributed by atoms with van der Waals surface area (Å²) in [5.74, 6) is 0. The predicted octanol–water partition coefficient (Wildman–Crippen LogP) is 3.22. The van der Waals surface area contributed by atoms with Crippen LogP contribution in [0.25, 0.3) is 11.1 Å². The number of nitrogens with zero attached hydrogens (tertiary/aromatic N) is 1. The first kappa shape index (κ1) is 9.78. The van der Waals surface area contributed by atoms with E-state index in [1.165, 1.54) is 16.8 Å². The van der Waals surface area contributed by atoms with Crippen molar-refractivity contribution in [1.29, 1.82) is 0 Å². The summed E-state index contributed by atoms with van der Waals surface area (Å²) < 4.78 is 0. The Bertz CT molecular complexity index is 432. The molecule has 0 bridgehead atoms. The van der Waals surface area contributed by atoms with Crippen LogP contribution < -0.4 is 4.90 Å². The van der Waals surface area contributed by atoms with E-state index in [-0.39, 0.29) is 0 Å². The van der Waals surface area contributed by atoms with Gasteiger partial charge in [-0.15, -0.1) is 0 Å². The molecule has 0 saturated carbocycles. The van der Waals surface area contributed by atoms with E-state index in [0.29, 0.717) is 0 Å². The highest BCUT2D eigenvalue weighted by molar-refractivity contribution is 5.68. The van der Waals surface area contributed by atoms with E-state index < -0.39 is 0 Å². The van der Waals surface area contributed by atoms with Crippen molar-refractivity contribution < 1.29 is 0 Å². The molecule has 0 aliphatic carbocycles. The fourth-order valence-electron chi connectivity index (χ4n) is 1.54. The lowest BCUT2D eigenvalue weighted by Crippen LogP contribution is -2.08. The number of rotatable bonds is 2. The van der Waals surface area contributed by atoms with Crippen molar-refractivity contribution in [1.82, 2.24) is 0 Å². The number of anilines is 1. The van der Waals surface area contributed by atoms with Crippen molar-refractivity contribution in [3.8, 4) is 11.1 Å². The van der Waals surface area contributed by atoms with Gasteiger partial charge >= 0.3 is 0 Å². The van der Waals surface area contributed by atoms with E-state index in [1.54, 1.807) is 0 Å². The minimum Gasteiger partial charge on any atom is -0.378 e. The molecule has 0 aromatic heterocycles. The summed E-state index contributed by atoms with van der Waals surface area (Å²) in [6.45, 7) is 0. The predicted molar refractivity (Wildman–Crippen MR) is 65.0 cm³/mol. The minimum atomic E-state index is 1.21. The quantitative estimate of drug-likeness (QED) is 0.712. The Morgan fingerprint density at radius 1 is 1.00 bits per heavy atom. The van der Waals surface area contributed by atoms with Gasteiger partial charge in [-0.3, -0.25) is 0 Å². The normalized spacial score (nSPS) is 10.0. The molecule has 0 N–H and O–H groups in total. The molecule has 0 amide bonds. The van der Waals surface area contributed by atoms with E-state index in [9.17, 15) is 0 Å². The monoisotopic (exact) mass is 196 g/mol. The second-order valence-corrected chi connectivity index (χ2v) is 3.74. The Hall–Kier alpha value is -1.76. The molecule has 0 aliphatic rings. The smallest absolute Gasteiger partial charge is 0.0367 e. The van der Waals surface area contributed by atoms with Gasteiger partial charge in [-0.05, 0) is 35.4 Å². The van der Waals surface area contributed by atoms with Crippen molar-refractivity contribution in [2.75, 3.05) is 19.0 Å². The van der Waals surface area contributed by atoms with Crippen LogP contribution in [0, 0.1) is 6.07 Å². The molecule has 2 rings (SSSR count).